The van der Waals surface area contributed by atoms with Gasteiger partial charge in [0, 0.05) is 12.1 Å². The Hall–Kier alpha value is -1.40. The molecule has 12 heavy (non-hydrogen) atoms. The second-order valence-electron chi connectivity index (χ2n) is 1.89. The van der Waals surface area contributed by atoms with Crippen molar-refractivity contribution in [2.45, 2.75) is 0 Å². The van der Waals surface area contributed by atoms with Crippen molar-refractivity contribution in [2.75, 3.05) is 0 Å². The molecule has 1 rings (SSSR count). The topological polar surface area (TPSA) is 83.6 Å². The number of hydrogen-bond acceptors (Lipinski definition) is 4. The van der Waals surface area contributed by atoms with Crippen LogP contribution < -0.4 is 5.46 Å². The normalized spacial score (nSPS) is 14.2. The number of nitro groups is 1. The first kappa shape index (κ1) is 4.59. The molecule has 0 unspecified atom stereocenters. The molecular weight excluding hydrogens is 161 g/mol. The third-order valence-electron chi connectivity index (χ3n) is 1.07. The van der Waals surface area contributed by atoms with Crippen molar-refractivity contribution in [1.82, 2.24) is 0 Å². The zero-order valence-corrected chi connectivity index (χ0v) is 5.74. The molecule has 0 aliphatic heterocycles. The third kappa shape index (κ3) is 1.80. The maximum Gasteiger partial charge on any atom is 0.488 e. The minimum atomic E-state index is -2.21. The van der Waals surface area contributed by atoms with Gasteiger partial charge in [-0.05, 0) is 5.46 Å². The molecule has 1 aromatic carbocycles. The van der Waals surface area contributed by atoms with Crippen LogP contribution in [-0.4, -0.2) is 22.1 Å². The first-order valence-corrected chi connectivity index (χ1v) is 2.89. The fourth-order valence-corrected chi connectivity index (χ4v) is 0.536. The number of nitrogens with zero attached hydrogens (tertiary/aromatic N) is 1. The highest BCUT2D eigenvalue weighted by atomic mass is 16.6. The zero-order valence-electron chi connectivity index (χ0n) is 9.74. The van der Waals surface area contributed by atoms with Crippen LogP contribution in [0.1, 0.15) is 5.48 Å². The van der Waals surface area contributed by atoms with Crippen LogP contribution in [0.2, 0.25) is 0 Å². The Morgan fingerprint density at radius 2 is 1.92 bits per heavy atom. The van der Waals surface area contributed by atoms with E-state index in [9.17, 15) is 10.1 Å². The van der Waals surface area contributed by atoms with Gasteiger partial charge in [-0.3, -0.25) is 10.1 Å². The average molecular weight is 171 g/mol. The minimum Gasteiger partial charge on any atom is -0.423 e. The lowest BCUT2D eigenvalue weighted by molar-refractivity contribution is -0.384. The fourth-order valence-electron chi connectivity index (χ4n) is 0.536. The molecule has 0 bridgehead atoms. The van der Waals surface area contributed by atoms with Crippen LogP contribution in [0, 0.1) is 10.1 Å². The summed E-state index contributed by atoms with van der Waals surface area (Å²) in [7, 11) is -2.21. The highest BCUT2D eigenvalue weighted by Gasteiger charge is 2.12. The van der Waals surface area contributed by atoms with Gasteiger partial charge in [0.25, 0.3) is 5.69 Å². The molecule has 0 aliphatic carbocycles. The van der Waals surface area contributed by atoms with Crippen LogP contribution in [0.25, 0.3) is 0 Å². The predicted molar refractivity (Wildman–Crippen MR) is 42.9 cm³/mol. The summed E-state index contributed by atoms with van der Waals surface area (Å²) < 4.78 is 29.0. The smallest absolute Gasteiger partial charge is 0.423 e. The van der Waals surface area contributed by atoms with Crippen molar-refractivity contribution in [2.24, 2.45) is 0 Å². The van der Waals surface area contributed by atoms with E-state index in [1.807, 2.05) is 0 Å². The van der Waals surface area contributed by atoms with Gasteiger partial charge in [0.2, 0.25) is 0 Å². The van der Waals surface area contributed by atoms with Crippen molar-refractivity contribution in [1.29, 1.82) is 0 Å². The number of benzene rings is 1. The van der Waals surface area contributed by atoms with Crippen LogP contribution in [0.3, 0.4) is 0 Å². The SMILES string of the molecule is [2H]c1c([2H])c([N+](=O)[O-])c([2H])c([2H])c1B(O)O. The van der Waals surface area contributed by atoms with Gasteiger partial charge in [-0.1, -0.05) is 12.1 Å². The second kappa shape index (κ2) is 3.33. The van der Waals surface area contributed by atoms with Gasteiger partial charge < -0.3 is 10.0 Å². The van der Waals surface area contributed by atoms with Crippen LogP contribution in [-0.2, 0) is 0 Å². The second-order valence-corrected chi connectivity index (χ2v) is 1.89. The molecule has 0 radical (unpaired) electrons. The van der Waals surface area contributed by atoms with Gasteiger partial charge in [-0.25, -0.2) is 0 Å². The molecule has 6 heteroatoms. The van der Waals surface area contributed by atoms with E-state index in [1.165, 1.54) is 0 Å². The van der Waals surface area contributed by atoms with Crippen LogP contribution in [0.4, 0.5) is 5.69 Å². The monoisotopic (exact) mass is 171 g/mol. The van der Waals surface area contributed by atoms with Gasteiger partial charge in [-0.2, -0.15) is 0 Å². The molecule has 0 amide bonds. The molecule has 0 spiro atoms. The van der Waals surface area contributed by atoms with Gasteiger partial charge in [0.1, 0.15) is 0 Å². The van der Waals surface area contributed by atoms with Crippen molar-refractivity contribution < 1.29 is 20.5 Å². The molecule has 0 heterocycles. The summed E-state index contributed by atoms with van der Waals surface area (Å²) in [4.78, 5) is 9.45. The first-order chi connectivity index (χ1) is 7.29. The average Bonchev–Trinajstić information content (AvgIpc) is 2.14. The Bertz CT molecular complexity index is 437. The van der Waals surface area contributed by atoms with Crippen molar-refractivity contribution >= 4 is 18.3 Å². The molecule has 0 saturated carbocycles. The van der Waals surface area contributed by atoms with E-state index in [-0.39, 0.29) is 0 Å². The van der Waals surface area contributed by atoms with Crippen LogP contribution in [0.15, 0.2) is 24.2 Å². The molecule has 62 valence electrons. The molecular formula is C6H6BNO4. The Kier molecular flexibility index (Phi) is 1.27. The summed E-state index contributed by atoms with van der Waals surface area (Å²) in [5.41, 5.74) is -1.67. The largest absolute Gasteiger partial charge is 0.488 e. The zero-order chi connectivity index (χ0) is 12.6. The lowest BCUT2D eigenvalue weighted by atomic mass is 9.80. The van der Waals surface area contributed by atoms with Crippen molar-refractivity contribution in [3.63, 3.8) is 0 Å². The van der Waals surface area contributed by atoms with E-state index in [0.717, 1.165) is 0 Å². The lowest BCUT2D eigenvalue weighted by Gasteiger charge is -1.96. The summed E-state index contributed by atoms with van der Waals surface area (Å²) in [5.74, 6) is 0. The van der Waals surface area contributed by atoms with E-state index in [1.54, 1.807) is 0 Å². The summed E-state index contributed by atoms with van der Waals surface area (Å²) in [6.07, 6.45) is 0. The van der Waals surface area contributed by atoms with Gasteiger partial charge in [-0.15, -0.1) is 0 Å². The van der Waals surface area contributed by atoms with E-state index in [0.29, 0.717) is 0 Å². The number of nitro benzene ring substituents is 1. The summed E-state index contributed by atoms with van der Waals surface area (Å²) in [6, 6.07) is -3.48. The van der Waals surface area contributed by atoms with Crippen LogP contribution >= 0.6 is 0 Å². The summed E-state index contributed by atoms with van der Waals surface area (Å²) in [6.45, 7) is 0. The quantitative estimate of drug-likeness (QED) is 0.349. The van der Waals surface area contributed by atoms with Gasteiger partial charge in [0.05, 0.1) is 10.4 Å². The van der Waals surface area contributed by atoms with E-state index in [4.69, 9.17) is 15.5 Å². The molecule has 0 fully saturated rings. The maximum atomic E-state index is 10.5. The standard InChI is InChI=1S/C6H6BNO4/c9-7(10)5-1-3-6(4-2-5)8(11)12/h1-4,9-10H/i1D,2D,3D,4D. The number of rotatable bonds is 2. The predicted octanol–water partition coefficient (Wildman–Crippen LogP) is -0.725. The van der Waals surface area contributed by atoms with Crippen LogP contribution in [0.5, 0.6) is 0 Å². The molecule has 0 aliphatic rings. The fraction of sp³-hybridized carbons (Fsp3) is 0. The van der Waals surface area contributed by atoms with E-state index >= 15 is 0 Å². The summed E-state index contributed by atoms with van der Waals surface area (Å²) in [5, 5.41) is 28.2. The van der Waals surface area contributed by atoms with Gasteiger partial charge in [0.15, 0.2) is 0 Å². The third-order valence-corrected chi connectivity index (χ3v) is 1.07. The molecule has 0 atom stereocenters. The molecule has 5 nitrogen and oxygen atoms in total. The summed E-state index contributed by atoms with van der Waals surface area (Å²) >= 11 is 0. The minimum absolute atomic E-state index is 0.680. The number of hydrogen-bond donors (Lipinski definition) is 2. The van der Waals surface area contributed by atoms with E-state index < -0.39 is 47.4 Å². The Morgan fingerprint density at radius 3 is 2.25 bits per heavy atom. The van der Waals surface area contributed by atoms with E-state index in [2.05, 4.69) is 0 Å². The molecule has 0 saturated heterocycles. The molecule has 0 aromatic heterocycles. The first-order valence-electron chi connectivity index (χ1n) is 4.89. The Labute approximate surface area is 74.2 Å². The molecule has 1 aromatic rings. The lowest BCUT2D eigenvalue weighted by Crippen LogP contribution is -2.29. The van der Waals surface area contributed by atoms with Gasteiger partial charge >= 0.3 is 7.12 Å². The van der Waals surface area contributed by atoms with Crippen molar-refractivity contribution in [3.8, 4) is 0 Å². The Balaban J connectivity index is 3.70. The highest BCUT2D eigenvalue weighted by molar-refractivity contribution is 6.58. The maximum absolute atomic E-state index is 10.5. The van der Waals surface area contributed by atoms with Crippen molar-refractivity contribution in [3.05, 3.63) is 34.3 Å². The molecule has 2 N–H and O–H groups in total. The Morgan fingerprint density at radius 1 is 1.42 bits per heavy atom. The highest BCUT2D eigenvalue weighted by Crippen LogP contribution is 2.06.